The number of nitrogens with two attached hydrogens (primary N) is 1. The van der Waals surface area contributed by atoms with Gasteiger partial charge in [-0.15, -0.1) is 0 Å². The summed E-state index contributed by atoms with van der Waals surface area (Å²) in [6, 6.07) is 4.67. The van der Waals surface area contributed by atoms with Crippen molar-refractivity contribution in [2.24, 2.45) is 0 Å². The Bertz CT molecular complexity index is 480. The minimum atomic E-state index is -0.355. The van der Waals surface area contributed by atoms with Crippen LogP contribution in [0.2, 0.25) is 5.02 Å². The first kappa shape index (κ1) is 16.3. The third-order valence-corrected chi connectivity index (χ3v) is 2.83. The second-order valence-electron chi connectivity index (χ2n) is 4.09. The number of ether oxygens (including phenoxy) is 1. The molecular formula is C13H18ClN3O3. The average molecular weight is 300 g/mol. The molecule has 1 aromatic carbocycles. The molecule has 0 fully saturated rings. The van der Waals surface area contributed by atoms with E-state index in [-0.39, 0.29) is 24.8 Å². The number of methoxy groups -OCH3 is 1. The molecule has 0 aliphatic carbocycles. The molecule has 1 aromatic rings. The molecule has 0 aliphatic rings. The zero-order chi connectivity index (χ0) is 15.0. The van der Waals surface area contributed by atoms with Crippen LogP contribution in [0.1, 0.15) is 16.8 Å². The fourth-order valence-electron chi connectivity index (χ4n) is 1.48. The molecule has 1 rings (SSSR count). The first-order valence-electron chi connectivity index (χ1n) is 6.13. The van der Waals surface area contributed by atoms with Gasteiger partial charge in [0.25, 0.3) is 5.91 Å². The van der Waals surface area contributed by atoms with Gasteiger partial charge in [0.2, 0.25) is 5.91 Å². The first-order valence-corrected chi connectivity index (χ1v) is 6.51. The highest BCUT2D eigenvalue weighted by Crippen LogP contribution is 2.18. The van der Waals surface area contributed by atoms with Crippen molar-refractivity contribution in [2.45, 2.75) is 6.42 Å². The molecule has 0 spiro atoms. The number of carbonyl (C=O) groups is 2. The summed E-state index contributed by atoms with van der Waals surface area (Å²) in [6.07, 6.45) is 0.190. The highest BCUT2D eigenvalue weighted by Gasteiger charge is 2.10. The molecule has 110 valence electrons. The molecule has 4 N–H and O–H groups in total. The average Bonchev–Trinajstić information content (AvgIpc) is 2.41. The largest absolute Gasteiger partial charge is 0.399 e. The molecule has 0 saturated carbocycles. The Hall–Kier alpha value is -1.79. The van der Waals surface area contributed by atoms with Crippen molar-refractivity contribution in [1.29, 1.82) is 0 Å². The van der Waals surface area contributed by atoms with E-state index in [9.17, 15) is 9.59 Å². The summed E-state index contributed by atoms with van der Waals surface area (Å²) in [4.78, 5) is 23.2. The molecular weight excluding hydrogens is 282 g/mol. The van der Waals surface area contributed by atoms with Crippen LogP contribution in [0.4, 0.5) is 5.69 Å². The molecule has 0 heterocycles. The number of hydrogen-bond acceptors (Lipinski definition) is 4. The normalized spacial score (nSPS) is 10.1. The van der Waals surface area contributed by atoms with Gasteiger partial charge in [0, 0.05) is 32.3 Å². The number of amides is 2. The summed E-state index contributed by atoms with van der Waals surface area (Å²) < 4.78 is 4.81. The van der Waals surface area contributed by atoms with Gasteiger partial charge < -0.3 is 21.1 Å². The van der Waals surface area contributed by atoms with Crippen LogP contribution >= 0.6 is 11.6 Å². The Morgan fingerprint density at radius 3 is 2.75 bits per heavy atom. The minimum absolute atomic E-state index is 0.152. The van der Waals surface area contributed by atoms with E-state index in [1.165, 1.54) is 6.07 Å². The maximum absolute atomic E-state index is 11.9. The van der Waals surface area contributed by atoms with Crippen LogP contribution < -0.4 is 16.4 Å². The molecule has 0 radical (unpaired) electrons. The van der Waals surface area contributed by atoms with Crippen molar-refractivity contribution < 1.29 is 14.3 Å². The van der Waals surface area contributed by atoms with Gasteiger partial charge in [0.05, 0.1) is 17.2 Å². The zero-order valence-electron chi connectivity index (χ0n) is 11.2. The van der Waals surface area contributed by atoms with Gasteiger partial charge in [-0.25, -0.2) is 0 Å². The van der Waals surface area contributed by atoms with Crippen LogP contribution in [-0.2, 0) is 9.53 Å². The Balaban J connectivity index is 2.36. The highest BCUT2D eigenvalue weighted by molar-refractivity contribution is 6.34. The van der Waals surface area contributed by atoms with E-state index in [1.807, 2.05) is 0 Å². The number of nitrogen functional groups attached to an aromatic ring is 1. The number of carbonyl (C=O) groups excluding carboxylic acids is 2. The second-order valence-corrected chi connectivity index (χ2v) is 4.50. The lowest BCUT2D eigenvalue weighted by molar-refractivity contribution is -0.121. The molecule has 6 nitrogen and oxygen atoms in total. The lowest BCUT2D eigenvalue weighted by Crippen LogP contribution is -2.32. The third-order valence-electron chi connectivity index (χ3n) is 2.50. The van der Waals surface area contributed by atoms with Crippen LogP contribution in [0.15, 0.2) is 18.2 Å². The lowest BCUT2D eigenvalue weighted by atomic mass is 10.2. The van der Waals surface area contributed by atoms with Crippen LogP contribution in [0.5, 0.6) is 0 Å². The molecule has 0 saturated heterocycles. The fourth-order valence-corrected chi connectivity index (χ4v) is 1.69. The van der Waals surface area contributed by atoms with Gasteiger partial charge in [0.1, 0.15) is 0 Å². The van der Waals surface area contributed by atoms with E-state index < -0.39 is 0 Å². The number of nitrogens with one attached hydrogen (secondary N) is 2. The first-order chi connectivity index (χ1) is 9.54. The molecule has 0 atom stereocenters. The topological polar surface area (TPSA) is 93.5 Å². The number of halogens is 1. The maximum Gasteiger partial charge on any atom is 0.252 e. The van der Waals surface area contributed by atoms with Crippen molar-refractivity contribution in [3.63, 3.8) is 0 Å². The molecule has 0 bridgehead atoms. The molecule has 0 unspecified atom stereocenters. The SMILES string of the molecule is COCCNC(=O)CCNC(=O)c1cc(N)ccc1Cl. The molecule has 0 aliphatic heterocycles. The third kappa shape index (κ3) is 5.46. The van der Waals surface area contributed by atoms with E-state index in [4.69, 9.17) is 22.1 Å². The van der Waals surface area contributed by atoms with Gasteiger partial charge >= 0.3 is 0 Å². The van der Waals surface area contributed by atoms with Gasteiger partial charge in [0.15, 0.2) is 0 Å². The quantitative estimate of drug-likeness (QED) is 0.513. The van der Waals surface area contributed by atoms with E-state index >= 15 is 0 Å². The summed E-state index contributed by atoms with van der Waals surface area (Å²) in [5.74, 6) is -0.506. The molecule has 0 aromatic heterocycles. The van der Waals surface area contributed by atoms with Crippen LogP contribution in [-0.4, -0.2) is 38.6 Å². The van der Waals surface area contributed by atoms with Crippen molar-refractivity contribution >= 4 is 29.1 Å². The van der Waals surface area contributed by atoms with Crippen LogP contribution in [0.25, 0.3) is 0 Å². The molecule has 20 heavy (non-hydrogen) atoms. The fraction of sp³-hybridized carbons (Fsp3) is 0.385. The zero-order valence-corrected chi connectivity index (χ0v) is 12.0. The highest BCUT2D eigenvalue weighted by atomic mass is 35.5. The Morgan fingerprint density at radius 2 is 2.05 bits per heavy atom. The van der Waals surface area contributed by atoms with E-state index in [2.05, 4.69) is 10.6 Å². The predicted molar refractivity (Wildman–Crippen MR) is 77.7 cm³/mol. The van der Waals surface area contributed by atoms with Gasteiger partial charge in [-0.05, 0) is 18.2 Å². The summed E-state index contributed by atoms with van der Waals surface area (Å²) in [7, 11) is 1.56. The Morgan fingerprint density at radius 1 is 1.30 bits per heavy atom. The maximum atomic E-state index is 11.9. The Labute approximate surface area is 122 Å². The van der Waals surface area contributed by atoms with Crippen molar-refractivity contribution in [2.75, 3.05) is 32.5 Å². The molecule has 2 amide bonds. The standard InChI is InChI=1S/C13H18ClN3O3/c1-20-7-6-16-12(18)4-5-17-13(19)10-8-9(15)2-3-11(10)14/h2-3,8H,4-7,15H2,1H3,(H,16,18)(H,17,19). The van der Waals surface area contributed by atoms with E-state index in [0.29, 0.717) is 29.4 Å². The van der Waals surface area contributed by atoms with Crippen LogP contribution in [0.3, 0.4) is 0 Å². The molecule has 7 heteroatoms. The summed E-state index contributed by atoms with van der Waals surface area (Å²) >= 11 is 5.91. The van der Waals surface area contributed by atoms with Gasteiger partial charge in [-0.2, -0.15) is 0 Å². The Kier molecular flexibility index (Phi) is 6.83. The van der Waals surface area contributed by atoms with E-state index in [1.54, 1.807) is 19.2 Å². The van der Waals surface area contributed by atoms with Gasteiger partial charge in [-0.1, -0.05) is 11.6 Å². The van der Waals surface area contributed by atoms with Crippen molar-refractivity contribution in [1.82, 2.24) is 10.6 Å². The predicted octanol–water partition coefficient (Wildman–Crippen LogP) is 0.805. The van der Waals surface area contributed by atoms with Crippen molar-refractivity contribution in [3.8, 4) is 0 Å². The summed E-state index contributed by atoms with van der Waals surface area (Å²) in [6.45, 7) is 1.13. The second kappa shape index (κ2) is 8.39. The summed E-state index contributed by atoms with van der Waals surface area (Å²) in [5, 5.41) is 5.59. The summed E-state index contributed by atoms with van der Waals surface area (Å²) in [5.41, 5.74) is 6.35. The van der Waals surface area contributed by atoms with Gasteiger partial charge in [-0.3, -0.25) is 9.59 Å². The number of benzene rings is 1. The smallest absolute Gasteiger partial charge is 0.252 e. The number of anilines is 1. The minimum Gasteiger partial charge on any atom is -0.399 e. The number of hydrogen-bond donors (Lipinski definition) is 3. The van der Waals surface area contributed by atoms with Crippen LogP contribution in [0, 0.1) is 0 Å². The monoisotopic (exact) mass is 299 g/mol. The number of rotatable bonds is 7. The lowest BCUT2D eigenvalue weighted by Gasteiger charge is -2.08. The van der Waals surface area contributed by atoms with Crippen molar-refractivity contribution in [3.05, 3.63) is 28.8 Å². The van der Waals surface area contributed by atoms with E-state index in [0.717, 1.165) is 0 Å².